The summed E-state index contributed by atoms with van der Waals surface area (Å²) < 4.78 is 19.5. The summed E-state index contributed by atoms with van der Waals surface area (Å²) >= 11 is 11.2. The highest BCUT2D eigenvalue weighted by Gasteiger charge is 2.36. The first kappa shape index (κ1) is 28.9. The van der Waals surface area contributed by atoms with Crippen LogP contribution in [0.3, 0.4) is 0 Å². The lowest BCUT2D eigenvalue weighted by atomic mass is 9.92. The molecule has 4 aromatic rings. The number of halogens is 2. The molecule has 1 aromatic heterocycles. The number of aromatic nitrogens is 1. The molecule has 0 fully saturated rings. The van der Waals surface area contributed by atoms with E-state index in [2.05, 4.69) is 15.9 Å². The molecule has 1 aliphatic rings. The van der Waals surface area contributed by atoms with Gasteiger partial charge in [0.2, 0.25) is 0 Å². The van der Waals surface area contributed by atoms with Gasteiger partial charge in [-0.15, -0.1) is 0 Å². The van der Waals surface area contributed by atoms with Crippen LogP contribution in [0.15, 0.2) is 86.6 Å². The Balaban J connectivity index is 1.82. The van der Waals surface area contributed by atoms with Gasteiger partial charge in [-0.25, -0.2) is 9.79 Å². The van der Waals surface area contributed by atoms with E-state index in [9.17, 15) is 9.59 Å². The van der Waals surface area contributed by atoms with Gasteiger partial charge in [-0.05, 0) is 55.8 Å². The van der Waals surface area contributed by atoms with Crippen molar-refractivity contribution in [3.05, 3.63) is 118 Å². The minimum atomic E-state index is -0.862. The van der Waals surface area contributed by atoms with Crippen LogP contribution in [0.25, 0.3) is 11.8 Å². The molecule has 41 heavy (non-hydrogen) atoms. The quantitative estimate of drug-likeness (QED) is 0.226. The molecule has 0 amide bonds. The zero-order chi connectivity index (χ0) is 29.1. The zero-order valence-electron chi connectivity index (χ0n) is 22.5. The summed E-state index contributed by atoms with van der Waals surface area (Å²) in [5, 5.41) is 0.445. The van der Waals surface area contributed by atoms with Gasteiger partial charge in [0.15, 0.2) is 4.80 Å². The Labute approximate surface area is 254 Å². The van der Waals surface area contributed by atoms with Gasteiger partial charge >= 0.3 is 5.97 Å². The van der Waals surface area contributed by atoms with Crippen molar-refractivity contribution in [2.24, 2.45) is 4.99 Å². The molecule has 3 aromatic carbocycles. The monoisotopic (exact) mass is 652 g/mol. The summed E-state index contributed by atoms with van der Waals surface area (Å²) in [6, 6.07) is 19.4. The predicted octanol–water partition coefficient (Wildman–Crippen LogP) is 5.76. The molecule has 0 saturated heterocycles. The van der Waals surface area contributed by atoms with E-state index in [1.165, 1.54) is 15.9 Å². The lowest BCUT2D eigenvalue weighted by Crippen LogP contribution is -2.40. The van der Waals surface area contributed by atoms with Crippen molar-refractivity contribution in [1.82, 2.24) is 4.57 Å². The molecule has 0 radical (unpaired) electrons. The molecule has 0 bridgehead atoms. The van der Waals surface area contributed by atoms with E-state index in [0.717, 1.165) is 15.6 Å². The molecule has 1 atom stereocenters. The summed E-state index contributed by atoms with van der Waals surface area (Å²) in [5.41, 5.74) is 2.45. The SMILES string of the molecule is CCOC(=O)C1=C(c2ccccc2)N=c2s/c(=C\c3ccc(OCC)c(Cl)c3)c(=O)n2[C@H]1c1cc(Br)ccc1OC. The van der Waals surface area contributed by atoms with Crippen LogP contribution >= 0.6 is 38.9 Å². The fourth-order valence-electron chi connectivity index (χ4n) is 4.68. The average Bonchev–Trinajstić information content (AvgIpc) is 3.28. The van der Waals surface area contributed by atoms with Crippen LogP contribution in [0.2, 0.25) is 5.02 Å². The highest BCUT2D eigenvalue weighted by atomic mass is 79.9. The van der Waals surface area contributed by atoms with Gasteiger partial charge in [0.25, 0.3) is 5.56 Å². The Morgan fingerprint density at radius 3 is 2.51 bits per heavy atom. The maximum atomic E-state index is 14.1. The molecular formula is C31H26BrClN2O5S. The Morgan fingerprint density at radius 2 is 1.83 bits per heavy atom. The number of fused-ring (bicyclic) bond motifs is 1. The van der Waals surface area contributed by atoms with Crippen LogP contribution in [-0.4, -0.2) is 30.9 Å². The first-order valence-corrected chi connectivity index (χ1v) is 14.9. The normalized spacial score (nSPS) is 14.9. The number of ether oxygens (including phenoxy) is 3. The molecule has 7 nitrogen and oxygen atoms in total. The van der Waals surface area contributed by atoms with E-state index < -0.39 is 12.0 Å². The van der Waals surface area contributed by atoms with E-state index in [0.29, 0.717) is 43.7 Å². The number of benzene rings is 3. The second-order valence-corrected chi connectivity index (χ2v) is 11.3. The minimum Gasteiger partial charge on any atom is -0.496 e. The van der Waals surface area contributed by atoms with E-state index >= 15 is 0 Å². The number of carbonyl (C=O) groups is 1. The van der Waals surface area contributed by atoms with E-state index in [1.807, 2.05) is 55.5 Å². The third-order valence-electron chi connectivity index (χ3n) is 6.41. The number of hydrogen-bond donors (Lipinski definition) is 0. The Morgan fingerprint density at radius 1 is 1.07 bits per heavy atom. The minimum absolute atomic E-state index is 0.162. The van der Waals surface area contributed by atoms with Crippen LogP contribution in [0.4, 0.5) is 0 Å². The molecular weight excluding hydrogens is 628 g/mol. The van der Waals surface area contributed by atoms with Crippen LogP contribution in [-0.2, 0) is 9.53 Å². The van der Waals surface area contributed by atoms with Gasteiger partial charge in [-0.2, -0.15) is 0 Å². The van der Waals surface area contributed by atoms with Crippen LogP contribution in [0, 0.1) is 0 Å². The second-order valence-electron chi connectivity index (χ2n) is 8.94. The standard InChI is InChI=1S/C31H26BrClN2O5S/c1-4-39-24-13-11-18(15-22(24)33)16-25-29(36)35-28(21-17-20(32)12-14-23(21)38-3)26(30(37)40-5-2)27(34-31(35)41-25)19-9-7-6-8-10-19/h6-17,28H,4-5H2,1-3H3/b25-16-/t28-/m0/s1. The lowest BCUT2D eigenvalue weighted by Gasteiger charge is -2.27. The molecule has 2 heterocycles. The Hall–Kier alpha value is -3.66. The van der Waals surface area contributed by atoms with Gasteiger partial charge in [0.05, 0.1) is 41.1 Å². The summed E-state index contributed by atoms with van der Waals surface area (Å²) in [5.74, 6) is 0.526. The highest BCUT2D eigenvalue weighted by Crippen LogP contribution is 2.39. The van der Waals surface area contributed by atoms with E-state index in [-0.39, 0.29) is 17.7 Å². The maximum Gasteiger partial charge on any atom is 0.338 e. The number of methoxy groups -OCH3 is 1. The highest BCUT2D eigenvalue weighted by molar-refractivity contribution is 9.10. The smallest absolute Gasteiger partial charge is 0.338 e. The molecule has 5 rings (SSSR count). The van der Waals surface area contributed by atoms with Crippen LogP contribution in [0.1, 0.15) is 36.6 Å². The number of nitrogens with zero attached hydrogens (tertiary/aromatic N) is 2. The van der Waals surface area contributed by atoms with Gasteiger partial charge in [0, 0.05) is 15.6 Å². The molecule has 0 saturated carbocycles. The fourth-order valence-corrected chi connectivity index (χ4v) is 6.31. The first-order chi connectivity index (χ1) is 19.9. The van der Waals surface area contributed by atoms with Crippen molar-refractivity contribution in [2.75, 3.05) is 20.3 Å². The summed E-state index contributed by atoms with van der Waals surface area (Å²) in [4.78, 5) is 33.1. The molecule has 10 heteroatoms. The third-order valence-corrected chi connectivity index (χ3v) is 8.19. The number of rotatable bonds is 8. The van der Waals surface area contributed by atoms with Crippen molar-refractivity contribution in [3.63, 3.8) is 0 Å². The topological polar surface area (TPSA) is 79.1 Å². The fraction of sp³-hybridized carbons (Fsp3) is 0.194. The van der Waals surface area contributed by atoms with Gasteiger partial charge in [0.1, 0.15) is 17.5 Å². The average molecular weight is 654 g/mol. The predicted molar refractivity (Wildman–Crippen MR) is 164 cm³/mol. The van der Waals surface area contributed by atoms with E-state index in [4.69, 9.17) is 30.8 Å². The van der Waals surface area contributed by atoms with Crippen molar-refractivity contribution >= 4 is 56.6 Å². The lowest BCUT2D eigenvalue weighted by molar-refractivity contribution is -0.138. The number of carbonyl (C=O) groups excluding carboxylic acids is 1. The van der Waals surface area contributed by atoms with Crippen molar-refractivity contribution in [2.45, 2.75) is 19.9 Å². The van der Waals surface area contributed by atoms with Gasteiger partial charge < -0.3 is 14.2 Å². The van der Waals surface area contributed by atoms with Crippen molar-refractivity contribution < 1.29 is 19.0 Å². The zero-order valence-corrected chi connectivity index (χ0v) is 25.7. The third kappa shape index (κ3) is 5.75. The number of esters is 1. The largest absolute Gasteiger partial charge is 0.496 e. The van der Waals surface area contributed by atoms with Crippen molar-refractivity contribution in [3.8, 4) is 11.5 Å². The first-order valence-electron chi connectivity index (χ1n) is 12.9. The maximum absolute atomic E-state index is 14.1. The Kier molecular flexibility index (Phi) is 8.77. The Bertz CT molecular complexity index is 1830. The number of thiazole rings is 1. The second kappa shape index (κ2) is 12.5. The van der Waals surface area contributed by atoms with E-state index in [1.54, 1.807) is 38.3 Å². The number of hydrogen-bond acceptors (Lipinski definition) is 7. The summed E-state index contributed by atoms with van der Waals surface area (Å²) in [6.45, 7) is 4.28. The van der Waals surface area contributed by atoms with Crippen molar-refractivity contribution in [1.29, 1.82) is 0 Å². The molecule has 1 aliphatic heterocycles. The molecule has 0 aliphatic carbocycles. The van der Waals surface area contributed by atoms with Crippen LogP contribution < -0.4 is 24.4 Å². The molecule has 0 N–H and O–H groups in total. The van der Waals surface area contributed by atoms with Gasteiger partial charge in [-0.1, -0.05) is 75.3 Å². The summed E-state index contributed by atoms with van der Waals surface area (Å²) in [7, 11) is 1.55. The van der Waals surface area contributed by atoms with Crippen LogP contribution in [0.5, 0.6) is 11.5 Å². The molecule has 0 unspecified atom stereocenters. The molecule has 210 valence electrons. The summed E-state index contributed by atoms with van der Waals surface area (Å²) in [6.07, 6.45) is 1.76. The van der Waals surface area contributed by atoms with Gasteiger partial charge in [-0.3, -0.25) is 9.36 Å². The molecule has 0 spiro atoms.